The standard InChI is InChI=1S/C28H31N5O/c1-19(2)32-11-13-33(14-12-32)27(29)21-8-6-7-20(15-21)22-16-24-25(18-31-28(24)30-17-22)23-9-4-5-10-26(23)34-3/h4-10,15-19,29H,11-14H2,1-3H3,(H,30,31). The summed E-state index contributed by atoms with van der Waals surface area (Å²) >= 11 is 0. The van der Waals surface area contributed by atoms with Gasteiger partial charge in [0.05, 0.1) is 7.11 Å². The highest BCUT2D eigenvalue weighted by Gasteiger charge is 2.21. The Morgan fingerprint density at radius 1 is 0.971 bits per heavy atom. The molecule has 2 aromatic carbocycles. The van der Waals surface area contributed by atoms with Gasteiger partial charge in [-0.3, -0.25) is 10.3 Å². The van der Waals surface area contributed by atoms with E-state index in [0.29, 0.717) is 11.9 Å². The van der Waals surface area contributed by atoms with Crippen LogP contribution in [0.25, 0.3) is 33.3 Å². The first-order valence-corrected chi connectivity index (χ1v) is 11.8. The third-order valence-electron chi connectivity index (χ3n) is 6.76. The van der Waals surface area contributed by atoms with E-state index in [0.717, 1.165) is 70.8 Å². The van der Waals surface area contributed by atoms with Crippen LogP contribution >= 0.6 is 0 Å². The normalized spacial score (nSPS) is 14.6. The monoisotopic (exact) mass is 453 g/mol. The van der Waals surface area contributed by atoms with Crippen LogP contribution in [0.15, 0.2) is 67.0 Å². The second-order valence-electron chi connectivity index (χ2n) is 9.07. The molecule has 1 saturated heterocycles. The molecule has 0 radical (unpaired) electrons. The topological polar surface area (TPSA) is 68.2 Å². The number of ether oxygens (including phenoxy) is 1. The molecule has 1 fully saturated rings. The Hall–Kier alpha value is -3.64. The molecule has 0 saturated carbocycles. The van der Waals surface area contributed by atoms with Crippen molar-refractivity contribution in [1.82, 2.24) is 19.8 Å². The summed E-state index contributed by atoms with van der Waals surface area (Å²) in [6.07, 6.45) is 3.89. The Balaban J connectivity index is 1.45. The molecule has 6 nitrogen and oxygen atoms in total. The maximum absolute atomic E-state index is 8.83. The summed E-state index contributed by atoms with van der Waals surface area (Å²) in [4.78, 5) is 12.6. The number of amidine groups is 1. The molecule has 0 spiro atoms. The van der Waals surface area contributed by atoms with Gasteiger partial charge in [0, 0.05) is 72.3 Å². The Morgan fingerprint density at radius 2 is 1.76 bits per heavy atom. The van der Waals surface area contributed by atoms with Gasteiger partial charge in [-0.05, 0) is 37.6 Å². The van der Waals surface area contributed by atoms with Gasteiger partial charge in [-0.15, -0.1) is 0 Å². The zero-order chi connectivity index (χ0) is 23.7. The summed E-state index contributed by atoms with van der Waals surface area (Å²) in [6.45, 7) is 8.25. The van der Waals surface area contributed by atoms with Crippen molar-refractivity contribution in [2.24, 2.45) is 0 Å². The zero-order valence-corrected chi connectivity index (χ0v) is 20.0. The molecule has 34 heavy (non-hydrogen) atoms. The van der Waals surface area contributed by atoms with Gasteiger partial charge in [-0.25, -0.2) is 4.98 Å². The van der Waals surface area contributed by atoms with Crippen molar-refractivity contribution in [2.45, 2.75) is 19.9 Å². The van der Waals surface area contributed by atoms with Crippen molar-refractivity contribution < 1.29 is 4.74 Å². The van der Waals surface area contributed by atoms with E-state index in [-0.39, 0.29) is 0 Å². The summed E-state index contributed by atoms with van der Waals surface area (Å²) in [5.74, 6) is 1.43. The first kappa shape index (κ1) is 22.2. The van der Waals surface area contributed by atoms with Gasteiger partial charge in [0.25, 0.3) is 0 Å². The minimum absolute atomic E-state index is 0.552. The average Bonchev–Trinajstić information content (AvgIpc) is 3.31. The van der Waals surface area contributed by atoms with Gasteiger partial charge in [0.2, 0.25) is 0 Å². The number of methoxy groups -OCH3 is 1. The Bertz CT molecular complexity index is 1320. The molecular formula is C28H31N5O. The van der Waals surface area contributed by atoms with Gasteiger partial charge in [-0.1, -0.05) is 36.4 Å². The number of aromatic amines is 1. The molecule has 0 unspecified atom stereocenters. The summed E-state index contributed by atoms with van der Waals surface area (Å²) in [6, 6.07) is 19.0. The lowest BCUT2D eigenvalue weighted by Gasteiger charge is -2.38. The van der Waals surface area contributed by atoms with Crippen LogP contribution in [-0.4, -0.2) is 64.9 Å². The fourth-order valence-corrected chi connectivity index (χ4v) is 4.74. The van der Waals surface area contributed by atoms with E-state index in [4.69, 9.17) is 10.1 Å². The third kappa shape index (κ3) is 4.17. The van der Waals surface area contributed by atoms with Crippen LogP contribution in [-0.2, 0) is 0 Å². The number of piperazine rings is 1. The highest BCUT2D eigenvalue weighted by Crippen LogP contribution is 2.36. The molecule has 0 atom stereocenters. The van der Waals surface area contributed by atoms with Gasteiger partial charge in [0.1, 0.15) is 17.2 Å². The predicted octanol–water partition coefficient (Wildman–Crippen LogP) is 5.26. The van der Waals surface area contributed by atoms with Crippen molar-refractivity contribution in [3.63, 3.8) is 0 Å². The minimum Gasteiger partial charge on any atom is -0.496 e. The van der Waals surface area contributed by atoms with Crippen molar-refractivity contribution in [3.05, 3.63) is 72.6 Å². The average molecular weight is 454 g/mol. The largest absolute Gasteiger partial charge is 0.496 e. The lowest BCUT2D eigenvalue weighted by molar-refractivity contribution is 0.148. The molecule has 6 heteroatoms. The molecule has 174 valence electrons. The molecule has 5 rings (SSSR count). The molecule has 0 aliphatic carbocycles. The van der Waals surface area contributed by atoms with Crippen LogP contribution in [0.4, 0.5) is 0 Å². The molecule has 0 amide bonds. The van der Waals surface area contributed by atoms with E-state index in [2.05, 4.69) is 57.9 Å². The van der Waals surface area contributed by atoms with E-state index in [9.17, 15) is 0 Å². The number of H-pyrrole nitrogens is 1. The van der Waals surface area contributed by atoms with Crippen molar-refractivity contribution in [3.8, 4) is 28.0 Å². The van der Waals surface area contributed by atoms with Gasteiger partial charge in [0.15, 0.2) is 0 Å². The second-order valence-corrected chi connectivity index (χ2v) is 9.07. The number of hydrogen-bond acceptors (Lipinski definition) is 4. The number of benzene rings is 2. The Labute approximate surface area is 200 Å². The quantitative estimate of drug-likeness (QED) is 0.320. The fourth-order valence-electron chi connectivity index (χ4n) is 4.74. The third-order valence-corrected chi connectivity index (χ3v) is 6.76. The highest BCUT2D eigenvalue weighted by atomic mass is 16.5. The van der Waals surface area contributed by atoms with Crippen LogP contribution in [0.1, 0.15) is 19.4 Å². The van der Waals surface area contributed by atoms with E-state index in [1.807, 2.05) is 42.7 Å². The molecule has 1 aliphatic rings. The molecule has 0 bridgehead atoms. The maximum atomic E-state index is 8.83. The Kier molecular flexibility index (Phi) is 6.07. The van der Waals surface area contributed by atoms with Crippen LogP contribution in [0.3, 0.4) is 0 Å². The van der Waals surface area contributed by atoms with Crippen molar-refractivity contribution in [2.75, 3.05) is 33.3 Å². The highest BCUT2D eigenvalue weighted by molar-refractivity contribution is 5.99. The number of hydrogen-bond donors (Lipinski definition) is 2. The molecule has 2 N–H and O–H groups in total. The smallest absolute Gasteiger partial charge is 0.137 e. The number of para-hydroxylation sites is 1. The Morgan fingerprint density at radius 3 is 2.53 bits per heavy atom. The van der Waals surface area contributed by atoms with Crippen molar-refractivity contribution >= 4 is 16.9 Å². The summed E-state index contributed by atoms with van der Waals surface area (Å²) < 4.78 is 5.59. The van der Waals surface area contributed by atoms with E-state index < -0.39 is 0 Å². The molecule has 3 heterocycles. The van der Waals surface area contributed by atoms with E-state index in [1.54, 1.807) is 7.11 Å². The van der Waals surface area contributed by atoms with E-state index >= 15 is 0 Å². The lowest BCUT2D eigenvalue weighted by Crippen LogP contribution is -2.50. The van der Waals surface area contributed by atoms with Gasteiger partial charge < -0.3 is 14.6 Å². The second kappa shape index (κ2) is 9.31. The fraction of sp³-hybridized carbons (Fsp3) is 0.286. The minimum atomic E-state index is 0.552. The number of nitrogens with zero attached hydrogens (tertiary/aromatic N) is 3. The van der Waals surface area contributed by atoms with Crippen molar-refractivity contribution in [1.29, 1.82) is 5.41 Å². The first-order chi connectivity index (χ1) is 16.5. The number of pyridine rings is 1. The summed E-state index contributed by atoms with van der Waals surface area (Å²) in [7, 11) is 1.69. The molecule has 2 aromatic heterocycles. The summed E-state index contributed by atoms with van der Waals surface area (Å²) in [5, 5.41) is 9.88. The SMILES string of the molecule is COc1ccccc1-c1c[nH]c2ncc(-c3cccc(C(=N)N4CCN(C(C)C)CC4)c3)cc12. The molecular weight excluding hydrogens is 422 g/mol. The van der Waals surface area contributed by atoms with Crippen LogP contribution in [0, 0.1) is 5.41 Å². The van der Waals surface area contributed by atoms with Gasteiger partial charge >= 0.3 is 0 Å². The number of aromatic nitrogens is 2. The van der Waals surface area contributed by atoms with E-state index in [1.165, 1.54) is 0 Å². The number of fused-ring (bicyclic) bond motifs is 1. The molecule has 1 aliphatic heterocycles. The van der Waals surface area contributed by atoms with Crippen LogP contribution in [0.2, 0.25) is 0 Å². The number of rotatable bonds is 5. The maximum Gasteiger partial charge on any atom is 0.137 e. The first-order valence-electron chi connectivity index (χ1n) is 11.8. The predicted molar refractivity (Wildman–Crippen MR) is 139 cm³/mol. The molecule has 4 aromatic rings. The number of nitrogens with one attached hydrogen (secondary N) is 2. The summed E-state index contributed by atoms with van der Waals surface area (Å²) in [5.41, 5.74) is 5.97. The van der Waals surface area contributed by atoms with Gasteiger partial charge in [-0.2, -0.15) is 0 Å². The zero-order valence-electron chi connectivity index (χ0n) is 20.0. The van der Waals surface area contributed by atoms with Crippen LogP contribution < -0.4 is 4.74 Å². The van der Waals surface area contributed by atoms with Crippen LogP contribution in [0.5, 0.6) is 5.75 Å². The lowest BCUT2D eigenvalue weighted by atomic mass is 10.00.